The van der Waals surface area contributed by atoms with Crippen LogP contribution in [0.4, 0.5) is 5.69 Å². The highest BCUT2D eigenvalue weighted by Crippen LogP contribution is 2.34. The van der Waals surface area contributed by atoms with Crippen LogP contribution in [0.15, 0.2) is 54.6 Å². The smallest absolute Gasteiger partial charge is 0.265 e. The van der Waals surface area contributed by atoms with E-state index >= 15 is 0 Å². The van der Waals surface area contributed by atoms with Crippen LogP contribution in [0.2, 0.25) is 5.02 Å². The van der Waals surface area contributed by atoms with Crippen molar-refractivity contribution in [3.63, 3.8) is 0 Å². The first-order chi connectivity index (χ1) is 13.0. The van der Waals surface area contributed by atoms with E-state index in [1.54, 1.807) is 11.8 Å². The summed E-state index contributed by atoms with van der Waals surface area (Å²) in [5, 5.41) is 9.13. The highest BCUT2D eigenvalue weighted by molar-refractivity contribution is 7.20. The Morgan fingerprint density at radius 1 is 1.15 bits per heavy atom. The van der Waals surface area contributed by atoms with Crippen molar-refractivity contribution in [3.05, 3.63) is 64.5 Å². The molecule has 0 atom stereocenters. The van der Waals surface area contributed by atoms with Crippen molar-refractivity contribution in [1.82, 2.24) is 9.78 Å². The van der Waals surface area contributed by atoms with Crippen LogP contribution in [-0.4, -0.2) is 22.8 Å². The zero-order valence-corrected chi connectivity index (χ0v) is 16.3. The van der Waals surface area contributed by atoms with Crippen molar-refractivity contribution in [2.45, 2.75) is 0 Å². The number of nitrogens with zero attached hydrogens (tertiary/aromatic N) is 2. The second-order valence-corrected chi connectivity index (χ2v) is 7.46. The topological polar surface area (TPSA) is 56.1 Å². The lowest BCUT2D eigenvalue weighted by Crippen LogP contribution is -2.09. The fourth-order valence-corrected chi connectivity index (χ4v) is 3.93. The lowest BCUT2D eigenvalue weighted by atomic mass is 10.1. The van der Waals surface area contributed by atoms with E-state index in [1.165, 1.54) is 11.3 Å². The molecule has 2 aromatic carbocycles. The van der Waals surface area contributed by atoms with Gasteiger partial charge in [-0.1, -0.05) is 23.7 Å². The number of methoxy groups -OCH3 is 1. The summed E-state index contributed by atoms with van der Waals surface area (Å²) in [5.41, 5.74) is 2.52. The third-order valence-electron chi connectivity index (χ3n) is 4.20. The van der Waals surface area contributed by atoms with E-state index in [-0.39, 0.29) is 5.91 Å². The van der Waals surface area contributed by atoms with E-state index in [2.05, 4.69) is 10.4 Å². The van der Waals surface area contributed by atoms with Gasteiger partial charge in [0.05, 0.1) is 12.0 Å². The number of rotatable bonds is 4. The predicted octanol–water partition coefficient (Wildman–Crippen LogP) is 5.22. The summed E-state index contributed by atoms with van der Waals surface area (Å²) in [4.78, 5) is 14.2. The minimum absolute atomic E-state index is 0.150. The highest BCUT2D eigenvalue weighted by Gasteiger charge is 2.18. The van der Waals surface area contributed by atoms with Crippen molar-refractivity contribution in [2.24, 2.45) is 7.05 Å². The van der Waals surface area contributed by atoms with Crippen molar-refractivity contribution in [3.8, 4) is 17.0 Å². The van der Waals surface area contributed by atoms with Crippen LogP contribution < -0.4 is 10.1 Å². The van der Waals surface area contributed by atoms with Gasteiger partial charge in [0.25, 0.3) is 5.91 Å². The van der Waals surface area contributed by atoms with Gasteiger partial charge in [-0.05, 0) is 42.5 Å². The molecule has 0 aliphatic rings. The van der Waals surface area contributed by atoms with Crippen molar-refractivity contribution >= 4 is 44.7 Å². The fraction of sp³-hybridized carbons (Fsp3) is 0.100. The van der Waals surface area contributed by atoms with Crippen LogP contribution in [0, 0.1) is 0 Å². The summed E-state index contributed by atoms with van der Waals surface area (Å²) < 4.78 is 6.94. The van der Waals surface area contributed by atoms with Gasteiger partial charge in [0.15, 0.2) is 0 Å². The summed E-state index contributed by atoms with van der Waals surface area (Å²) in [7, 11) is 3.49. The molecule has 4 rings (SSSR count). The Kier molecular flexibility index (Phi) is 4.59. The molecule has 1 amide bonds. The van der Waals surface area contributed by atoms with Gasteiger partial charge in [-0.3, -0.25) is 9.48 Å². The van der Waals surface area contributed by atoms with Gasteiger partial charge < -0.3 is 10.1 Å². The molecule has 0 bridgehead atoms. The Morgan fingerprint density at radius 3 is 2.52 bits per heavy atom. The number of aromatic nitrogens is 2. The van der Waals surface area contributed by atoms with Crippen LogP contribution in [-0.2, 0) is 7.05 Å². The molecule has 5 nitrogen and oxygen atoms in total. The Bertz CT molecular complexity index is 1110. The van der Waals surface area contributed by atoms with E-state index in [0.717, 1.165) is 27.2 Å². The number of carbonyl (C=O) groups is 1. The first kappa shape index (κ1) is 17.6. The van der Waals surface area contributed by atoms with Crippen LogP contribution in [0.25, 0.3) is 21.5 Å². The number of hydrogen-bond acceptors (Lipinski definition) is 4. The van der Waals surface area contributed by atoms with Gasteiger partial charge in [0.2, 0.25) is 0 Å². The molecule has 2 aromatic heterocycles. The number of fused-ring (bicyclic) bond motifs is 1. The van der Waals surface area contributed by atoms with Crippen LogP contribution in [0.1, 0.15) is 9.67 Å². The number of carbonyl (C=O) groups excluding carboxylic acids is 1. The number of ether oxygens (including phenoxy) is 1. The SMILES string of the molecule is COc1ccc(NC(=O)c2cc3c(-c4ccc(Cl)cc4)nn(C)c3s2)cc1. The van der Waals surface area contributed by atoms with E-state index in [1.807, 2.05) is 61.6 Å². The number of halogens is 1. The molecular formula is C20H16ClN3O2S. The molecular weight excluding hydrogens is 382 g/mol. The standard InChI is InChI=1S/C20H16ClN3O2S/c1-24-20-16(18(23-24)12-3-5-13(21)6-4-12)11-17(27-20)19(25)22-14-7-9-15(26-2)10-8-14/h3-11H,1-2H3,(H,22,25). The molecule has 0 unspecified atom stereocenters. The third kappa shape index (κ3) is 3.41. The lowest BCUT2D eigenvalue weighted by molar-refractivity contribution is 0.103. The predicted molar refractivity (Wildman–Crippen MR) is 110 cm³/mol. The van der Waals surface area contributed by atoms with Crippen LogP contribution >= 0.6 is 22.9 Å². The van der Waals surface area contributed by atoms with Gasteiger partial charge in [0, 0.05) is 28.7 Å². The van der Waals surface area contributed by atoms with Gasteiger partial charge in [-0.15, -0.1) is 11.3 Å². The maximum Gasteiger partial charge on any atom is 0.265 e. The average Bonchev–Trinajstić information content (AvgIpc) is 3.24. The number of benzene rings is 2. The number of anilines is 1. The zero-order chi connectivity index (χ0) is 19.0. The number of nitrogens with one attached hydrogen (secondary N) is 1. The number of aryl methyl sites for hydroxylation is 1. The third-order valence-corrected chi connectivity index (χ3v) is 5.65. The molecule has 4 aromatic rings. The molecule has 0 saturated carbocycles. The fourth-order valence-electron chi connectivity index (χ4n) is 2.84. The molecule has 27 heavy (non-hydrogen) atoms. The van der Waals surface area contributed by atoms with Crippen LogP contribution in [0.5, 0.6) is 5.75 Å². The van der Waals surface area contributed by atoms with Crippen molar-refractivity contribution < 1.29 is 9.53 Å². The number of hydrogen-bond donors (Lipinski definition) is 1. The first-order valence-corrected chi connectivity index (χ1v) is 9.42. The molecule has 0 radical (unpaired) electrons. The molecule has 0 fully saturated rings. The van der Waals surface area contributed by atoms with Crippen LogP contribution in [0.3, 0.4) is 0 Å². The summed E-state index contributed by atoms with van der Waals surface area (Å²) in [6, 6.07) is 16.7. The largest absolute Gasteiger partial charge is 0.497 e. The highest BCUT2D eigenvalue weighted by atomic mass is 35.5. The van der Waals surface area contributed by atoms with E-state index in [4.69, 9.17) is 16.3 Å². The summed E-state index contributed by atoms with van der Waals surface area (Å²) in [6.07, 6.45) is 0. The van der Waals surface area contributed by atoms with E-state index in [9.17, 15) is 4.79 Å². The van der Waals surface area contributed by atoms with Gasteiger partial charge in [-0.2, -0.15) is 5.10 Å². The molecule has 0 aliphatic heterocycles. The van der Waals surface area contributed by atoms with Gasteiger partial charge in [0.1, 0.15) is 16.3 Å². The van der Waals surface area contributed by atoms with Gasteiger partial charge >= 0.3 is 0 Å². The molecule has 7 heteroatoms. The summed E-state index contributed by atoms with van der Waals surface area (Å²) >= 11 is 7.40. The summed E-state index contributed by atoms with van der Waals surface area (Å²) in [6.45, 7) is 0. The Labute approximate surface area is 165 Å². The molecule has 1 N–H and O–H groups in total. The molecule has 0 saturated heterocycles. The Hall–Kier alpha value is -2.83. The summed E-state index contributed by atoms with van der Waals surface area (Å²) in [5.74, 6) is 0.594. The molecule has 2 heterocycles. The maximum atomic E-state index is 12.7. The van der Waals surface area contributed by atoms with Gasteiger partial charge in [-0.25, -0.2) is 0 Å². The Morgan fingerprint density at radius 2 is 1.85 bits per heavy atom. The quantitative estimate of drug-likeness (QED) is 0.513. The number of thiophene rings is 1. The normalized spacial score (nSPS) is 10.9. The van der Waals surface area contributed by atoms with Crippen molar-refractivity contribution in [1.29, 1.82) is 0 Å². The molecule has 0 aliphatic carbocycles. The number of amides is 1. The Balaban J connectivity index is 1.65. The lowest BCUT2D eigenvalue weighted by Gasteiger charge is -2.04. The molecule has 136 valence electrons. The monoisotopic (exact) mass is 397 g/mol. The minimum atomic E-state index is -0.150. The zero-order valence-electron chi connectivity index (χ0n) is 14.7. The van der Waals surface area contributed by atoms with E-state index in [0.29, 0.717) is 15.6 Å². The second-order valence-electron chi connectivity index (χ2n) is 5.99. The van der Waals surface area contributed by atoms with E-state index < -0.39 is 0 Å². The van der Waals surface area contributed by atoms with Crippen molar-refractivity contribution in [2.75, 3.05) is 12.4 Å². The average molecular weight is 398 g/mol. The maximum absolute atomic E-state index is 12.7. The minimum Gasteiger partial charge on any atom is -0.497 e. The first-order valence-electron chi connectivity index (χ1n) is 8.23. The second kappa shape index (κ2) is 7.06. The molecule has 0 spiro atoms.